The maximum atomic E-state index is 12.3. The Labute approximate surface area is 137 Å². The summed E-state index contributed by atoms with van der Waals surface area (Å²) in [6.45, 7) is 3.26. The molecule has 6 heteroatoms. The first-order chi connectivity index (χ1) is 10.6. The van der Waals surface area contributed by atoms with Gasteiger partial charge in [-0.05, 0) is 41.1 Å². The number of aryl methyl sites for hydroxylation is 1. The molecule has 5 nitrogen and oxygen atoms in total. The summed E-state index contributed by atoms with van der Waals surface area (Å²) in [6.07, 6.45) is 1.69. The van der Waals surface area contributed by atoms with E-state index >= 15 is 0 Å². The Morgan fingerprint density at radius 1 is 1.32 bits per heavy atom. The maximum Gasteiger partial charge on any atom is 0.289 e. The third kappa shape index (κ3) is 3.50. The second kappa shape index (κ2) is 6.52. The van der Waals surface area contributed by atoms with Crippen LogP contribution in [0.3, 0.4) is 0 Å². The number of hydrogen-bond donors (Lipinski definition) is 0. The second-order valence-electron chi connectivity index (χ2n) is 5.33. The first-order valence-electron chi connectivity index (χ1n) is 7.27. The highest BCUT2D eigenvalue weighted by molar-refractivity contribution is 9.10. The van der Waals surface area contributed by atoms with Crippen molar-refractivity contribution >= 4 is 21.8 Å². The summed E-state index contributed by atoms with van der Waals surface area (Å²) in [5.74, 6) is 0.948. The van der Waals surface area contributed by atoms with E-state index in [9.17, 15) is 4.79 Å². The fourth-order valence-electron chi connectivity index (χ4n) is 2.52. The minimum Gasteiger partial charge on any atom is -0.474 e. The summed E-state index contributed by atoms with van der Waals surface area (Å²) in [5.41, 5.74) is 0.938. The molecule has 1 amide bonds. The van der Waals surface area contributed by atoms with Crippen molar-refractivity contribution in [1.82, 2.24) is 9.88 Å². The molecule has 0 atom stereocenters. The lowest BCUT2D eigenvalue weighted by Gasteiger charge is -2.31. The molecule has 0 saturated carbocycles. The Balaban J connectivity index is 1.55. The molecule has 1 aliphatic rings. The topological polar surface area (TPSA) is 55.6 Å². The van der Waals surface area contributed by atoms with Crippen molar-refractivity contribution < 1.29 is 13.9 Å². The monoisotopic (exact) mass is 364 g/mol. The number of ether oxygens (including phenoxy) is 1. The van der Waals surface area contributed by atoms with Crippen LogP contribution in [0.25, 0.3) is 0 Å². The van der Waals surface area contributed by atoms with Gasteiger partial charge in [0.2, 0.25) is 5.88 Å². The Kier molecular flexibility index (Phi) is 4.47. The zero-order chi connectivity index (χ0) is 15.5. The quantitative estimate of drug-likeness (QED) is 0.836. The molecule has 0 bridgehead atoms. The Hall–Kier alpha value is -1.82. The number of carbonyl (C=O) groups is 1. The second-order valence-corrected chi connectivity index (χ2v) is 6.11. The van der Waals surface area contributed by atoms with Gasteiger partial charge in [-0.3, -0.25) is 4.79 Å². The van der Waals surface area contributed by atoms with Crippen LogP contribution < -0.4 is 4.74 Å². The number of piperidine rings is 1. The molecule has 0 N–H and O–H groups in total. The molecule has 0 aromatic carbocycles. The van der Waals surface area contributed by atoms with Gasteiger partial charge in [0.15, 0.2) is 10.4 Å². The number of likely N-dealkylation sites (tertiary alicyclic amines) is 1. The van der Waals surface area contributed by atoms with Gasteiger partial charge in [-0.25, -0.2) is 4.98 Å². The molecule has 2 aromatic heterocycles. The van der Waals surface area contributed by atoms with Crippen molar-refractivity contribution in [2.45, 2.75) is 25.9 Å². The molecular weight excluding hydrogens is 348 g/mol. The van der Waals surface area contributed by atoms with Crippen molar-refractivity contribution in [2.75, 3.05) is 13.1 Å². The highest BCUT2D eigenvalue weighted by Crippen LogP contribution is 2.21. The van der Waals surface area contributed by atoms with Gasteiger partial charge < -0.3 is 14.1 Å². The molecule has 3 heterocycles. The van der Waals surface area contributed by atoms with Gasteiger partial charge in [0.1, 0.15) is 6.10 Å². The van der Waals surface area contributed by atoms with Crippen molar-refractivity contribution in [3.8, 4) is 5.88 Å². The molecule has 0 radical (unpaired) electrons. The number of amides is 1. The Bertz CT molecular complexity index is 663. The van der Waals surface area contributed by atoms with Crippen LogP contribution in [0.5, 0.6) is 5.88 Å². The van der Waals surface area contributed by atoms with Gasteiger partial charge in [0, 0.05) is 37.7 Å². The van der Waals surface area contributed by atoms with Crippen LogP contribution in [0.1, 0.15) is 29.1 Å². The number of carbonyl (C=O) groups excluding carboxylic acids is 1. The third-order valence-corrected chi connectivity index (χ3v) is 4.09. The van der Waals surface area contributed by atoms with Crippen LogP contribution in [-0.4, -0.2) is 35.0 Å². The molecule has 116 valence electrons. The van der Waals surface area contributed by atoms with E-state index in [0.29, 0.717) is 29.4 Å². The average Bonchev–Trinajstić information content (AvgIpc) is 2.94. The molecule has 1 aliphatic heterocycles. The lowest BCUT2D eigenvalue weighted by Crippen LogP contribution is -2.41. The van der Waals surface area contributed by atoms with E-state index in [0.717, 1.165) is 18.5 Å². The molecule has 1 fully saturated rings. The number of hydrogen-bond acceptors (Lipinski definition) is 4. The number of aromatic nitrogens is 1. The summed E-state index contributed by atoms with van der Waals surface area (Å²) >= 11 is 3.21. The minimum atomic E-state index is -0.0715. The summed E-state index contributed by atoms with van der Waals surface area (Å²) in [6, 6.07) is 9.16. The fraction of sp³-hybridized carbons (Fsp3) is 0.375. The van der Waals surface area contributed by atoms with Crippen molar-refractivity contribution in [3.63, 3.8) is 0 Å². The van der Waals surface area contributed by atoms with Crippen LogP contribution >= 0.6 is 15.9 Å². The van der Waals surface area contributed by atoms with Crippen molar-refractivity contribution in [3.05, 3.63) is 46.5 Å². The van der Waals surface area contributed by atoms with E-state index in [-0.39, 0.29) is 12.0 Å². The molecule has 0 spiro atoms. The minimum absolute atomic E-state index is 0.0715. The number of nitrogens with zero attached hydrogens (tertiary/aromatic N) is 2. The van der Waals surface area contributed by atoms with E-state index in [1.807, 2.05) is 25.1 Å². The maximum absolute atomic E-state index is 12.3. The van der Waals surface area contributed by atoms with E-state index in [4.69, 9.17) is 9.15 Å². The average molecular weight is 365 g/mol. The molecular formula is C16H17BrN2O3. The highest BCUT2D eigenvalue weighted by Gasteiger charge is 2.26. The zero-order valence-corrected chi connectivity index (χ0v) is 13.9. The lowest BCUT2D eigenvalue weighted by molar-refractivity contribution is 0.0558. The molecule has 0 unspecified atom stereocenters. The van der Waals surface area contributed by atoms with E-state index in [2.05, 4.69) is 20.9 Å². The van der Waals surface area contributed by atoms with Gasteiger partial charge in [-0.1, -0.05) is 6.07 Å². The van der Waals surface area contributed by atoms with E-state index < -0.39 is 0 Å². The molecule has 0 aliphatic carbocycles. The van der Waals surface area contributed by atoms with Crippen molar-refractivity contribution in [2.24, 2.45) is 0 Å². The number of rotatable bonds is 3. The summed E-state index contributed by atoms with van der Waals surface area (Å²) in [7, 11) is 0. The van der Waals surface area contributed by atoms with E-state index in [1.165, 1.54) is 0 Å². The van der Waals surface area contributed by atoms with Crippen LogP contribution in [0.2, 0.25) is 0 Å². The summed E-state index contributed by atoms with van der Waals surface area (Å²) in [4.78, 5) is 18.4. The standard InChI is InChI=1S/C16H17BrN2O3/c1-11-3-2-4-15(18-11)21-12-7-9-19(10-8-12)16(20)13-5-6-14(17)22-13/h2-6,12H,7-10H2,1H3. The smallest absolute Gasteiger partial charge is 0.289 e. The Morgan fingerprint density at radius 3 is 2.73 bits per heavy atom. The SMILES string of the molecule is Cc1cccc(OC2CCN(C(=O)c3ccc(Br)o3)CC2)n1. The first kappa shape index (κ1) is 15.1. The van der Waals surface area contributed by atoms with Gasteiger partial charge in [-0.15, -0.1) is 0 Å². The molecule has 22 heavy (non-hydrogen) atoms. The predicted octanol–water partition coefficient (Wildman–Crippen LogP) is 3.43. The molecule has 2 aromatic rings. The van der Waals surface area contributed by atoms with Gasteiger partial charge in [-0.2, -0.15) is 0 Å². The first-order valence-corrected chi connectivity index (χ1v) is 8.06. The third-order valence-electron chi connectivity index (χ3n) is 3.66. The van der Waals surface area contributed by atoms with Crippen LogP contribution in [0, 0.1) is 6.92 Å². The van der Waals surface area contributed by atoms with Crippen LogP contribution in [0.4, 0.5) is 0 Å². The highest BCUT2D eigenvalue weighted by atomic mass is 79.9. The van der Waals surface area contributed by atoms with Crippen LogP contribution in [-0.2, 0) is 0 Å². The number of halogens is 1. The van der Waals surface area contributed by atoms with Gasteiger partial charge in [0.25, 0.3) is 5.91 Å². The van der Waals surface area contributed by atoms with Crippen molar-refractivity contribution in [1.29, 1.82) is 0 Å². The molecule has 3 rings (SSSR count). The largest absolute Gasteiger partial charge is 0.474 e. The summed E-state index contributed by atoms with van der Waals surface area (Å²) in [5, 5.41) is 0. The molecule has 1 saturated heterocycles. The van der Waals surface area contributed by atoms with Gasteiger partial charge >= 0.3 is 0 Å². The zero-order valence-electron chi connectivity index (χ0n) is 12.3. The number of pyridine rings is 1. The van der Waals surface area contributed by atoms with Crippen LogP contribution in [0.15, 0.2) is 39.4 Å². The predicted molar refractivity (Wildman–Crippen MR) is 84.9 cm³/mol. The summed E-state index contributed by atoms with van der Waals surface area (Å²) < 4.78 is 11.8. The Morgan fingerprint density at radius 2 is 2.09 bits per heavy atom. The number of furan rings is 1. The normalized spacial score (nSPS) is 15.8. The van der Waals surface area contributed by atoms with E-state index in [1.54, 1.807) is 17.0 Å². The van der Waals surface area contributed by atoms with Gasteiger partial charge in [0.05, 0.1) is 0 Å². The lowest BCUT2D eigenvalue weighted by atomic mass is 10.1. The fourth-order valence-corrected chi connectivity index (χ4v) is 2.82.